The van der Waals surface area contributed by atoms with E-state index in [9.17, 15) is 9.90 Å². The molecule has 2 rings (SSSR count). The summed E-state index contributed by atoms with van der Waals surface area (Å²) in [7, 11) is 1.35. The number of carbonyl (C=O) groups is 1. The minimum absolute atomic E-state index is 0.379. The lowest BCUT2D eigenvalue weighted by Gasteiger charge is -2.11. The first-order valence-corrected chi connectivity index (χ1v) is 8.48. The predicted molar refractivity (Wildman–Crippen MR) is 92.0 cm³/mol. The summed E-state index contributed by atoms with van der Waals surface area (Å²) in [6.07, 6.45) is -0.469. The monoisotopic (exact) mass is 332 g/mol. The third-order valence-electron chi connectivity index (χ3n) is 3.21. The Bertz CT molecular complexity index is 615. The van der Waals surface area contributed by atoms with Gasteiger partial charge in [0.05, 0.1) is 25.4 Å². The largest absolute Gasteiger partial charge is 0.493 e. The summed E-state index contributed by atoms with van der Waals surface area (Å²) in [6.45, 7) is 0.511. The van der Waals surface area contributed by atoms with Gasteiger partial charge in [-0.15, -0.1) is 0 Å². The van der Waals surface area contributed by atoms with Gasteiger partial charge in [0.1, 0.15) is 5.75 Å². The van der Waals surface area contributed by atoms with Crippen molar-refractivity contribution in [3.05, 3.63) is 65.7 Å². The topological polar surface area (TPSA) is 55.8 Å². The Morgan fingerprint density at radius 1 is 1.17 bits per heavy atom. The molecule has 1 N–H and O–H groups in total. The number of thioether (sulfide) groups is 1. The molecular formula is C18H20O4S. The molecular weight excluding hydrogens is 312 g/mol. The lowest BCUT2D eigenvalue weighted by atomic mass is 10.1. The number of rotatable bonds is 8. The molecule has 5 heteroatoms. The van der Waals surface area contributed by atoms with Gasteiger partial charge in [-0.3, -0.25) is 0 Å². The number of aliphatic hydroxyl groups is 1. The minimum atomic E-state index is -0.469. The van der Waals surface area contributed by atoms with Crippen molar-refractivity contribution in [3.8, 4) is 5.75 Å². The molecule has 0 spiro atoms. The molecule has 2 aromatic rings. The average Bonchev–Trinajstić information content (AvgIpc) is 2.61. The normalized spacial score (nSPS) is 11.7. The van der Waals surface area contributed by atoms with Gasteiger partial charge in [0.25, 0.3) is 0 Å². The van der Waals surface area contributed by atoms with Crippen molar-refractivity contribution in [1.29, 1.82) is 0 Å². The Kier molecular flexibility index (Phi) is 6.97. The van der Waals surface area contributed by atoms with Crippen LogP contribution >= 0.6 is 11.8 Å². The maximum absolute atomic E-state index is 11.4. The van der Waals surface area contributed by atoms with Gasteiger partial charge in [0.2, 0.25) is 0 Å². The average molecular weight is 332 g/mol. The van der Waals surface area contributed by atoms with Crippen LogP contribution in [0.25, 0.3) is 0 Å². The fraction of sp³-hybridized carbons (Fsp3) is 0.278. The molecule has 0 fully saturated rings. The van der Waals surface area contributed by atoms with Crippen molar-refractivity contribution in [3.63, 3.8) is 0 Å². The van der Waals surface area contributed by atoms with Gasteiger partial charge < -0.3 is 14.6 Å². The highest BCUT2D eigenvalue weighted by atomic mass is 32.2. The Labute approximate surface area is 140 Å². The predicted octanol–water partition coefficient (Wildman–Crippen LogP) is 3.32. The highest BCUT2D eigenvalue weighted by Crippen LogP contribution is 2.18. The van der Waals surface area contributed by atoms with Crippen LogP contribution in [0.1, 0.15) is 22.0 Å². The van der Waals surface area contributed by atoms with E-state index in [1.165, 1.54) is 7.11 Å². The molecule has 4 nitrogen and oxygen atoms in total. The van der Waals surface area contributed by atoms with E-state index in [-0.39, 0.29) is 5.97 Å². The first-order chi connectivity index (χ1) is 11.2. The van der Waals surface area contributed by atoms with E-state index in [1.807, 2.05) is 30.3 Å². The fourth-order valence-corrected chi connectivity index (χ4v) is 2.80. The molecule has 0 aliphatic heterocycles. The zero-order valence-electron chi connectivity index (χ0n) is 13.0. The van der Waals surface area contributed by atoms with E-state index >= 15 is 0 Å². The number of ether oxygens (including phenoxy) is 2. The van der Waals surface area contributed by atoms with Crippen molar-refractivity contribution in [2.45, 2.75) is 6.10 Å². The molecule has 0 saturated heterocycles. The van der Waals surface area contributed by atoms with Crippen LogP contribution in [0.5, 0.6) is 5.75 Å². The molecule has 0 bridgehead atoms. The molecule has 2 aromatic carbocycles. The Morgan fingerprint density at radius 2 is 1.96 bits per heavy atom. The summed E-state index contributed by atoms with van der Waals surface area (Å²) in [5.74, 6) is 1.63. The summed E-state index contributed by atoms with van der Waals surface area (Å²) in [5.41, 5.74) is 1.39. The highest BCUT2D eigenvalue weighted by molar-refractivity contribution is 7.99. The molecule has 122 valence electrons. The summed E-state index contributed by atoms with van der Waals surface area (Å²) in [6, 6.07) is 16.5. The maximum Gasteiger partial charge on any atom is 0.337 e. The Balaban J connectivity index is 1.70. The number of carbonyl (C=O) groups excluding carboxylic acids is 1. The standard InChI is InChI=1S/C18H20O4S/c1-21-18(20)15-8-5-9-16(12-15)22-10-11-23-13-17(19)14-6-3-2-4-7-14/h2-9,12,17,19H,10-11,13H2,1H3. The van der Waals surface area contributed by atoms with Crippen molar-refractivity contribution >= 4 is 17.7 Å². The van der Waals surface area contributed by atoms with Crippen molar-refractivity contribution in [2.75, 3.05) is 25.2 Å². The number of hydrogen-bond acceptors (Lipinski definition) is 5. The SMILES string of the molecule is COC(=O)c1cccc(OCCSCC(O)c2ccccc2)c1. The van der Waals surface area contributed by atoms with E-state index in [0.717, 1.165) is 11.3 Å². The van der Waals surface area contributed by atoms with Crippen LogP contribution in [0.15, 0.2) is 54.6 Å². The van der Waals surface area contributed by atoms with Crippen molar-refractivity contribution in [1.82, 2.24) is 0 Å². The Hall–Kier alpha value is -1.98. The Morgan fingerprint density at radius 3 is 2.70 bits per heavy atom. The summed E-state index contributed by atoms with van der Waals surface area (Å²) in [4.78, 5) is 11.4. The molecule has 0 aromatic heterocycles. The van der Waals surface area contributed by atoms with Gasteiger partial charge in [-0.2, -0.15) is 11.8 Å². The van der Waals surface area contributed by atoms with Crippen LogP contribution in [0, 0.1) is 0 Å². The lowest BCUT2D eigenvalue weighted by molar-refractivity contribution is 0.0600. The van der Waals surface area contributed by atoms with Crippen LogP contribution in [0.4, 0.5) is 0 Å². The van der Waals surface area contributed by atoms with Crippen LogP contribution in [0.3, 0.4) is 0 Å². The maximum atomic E-state index is 11.4. The number of methoxy groups -OCH3 is 1. The lowest BCUT2D eigenvalue weighted by Crippen LogP contribution is -2.06. The van der Waals surface area contributed by atoms with E-state index in [0.29, 0.717) is 23.7 Å². The molecule has 23 heavy (non-hydrogen) atoms. The number of esters is 1. The van der Waals surface area contributed by atoms with Gasteiger partial charge in [-0.25, -0.2) is 4.79 Å². The van der Waals surface area contributed by atoms with Gasteiger partial charge >= 0.3 is 5.97 Å². The van der Waals surface area contributed by atoms with E-state index in [2.05, 4.69) is 4.74 Å². The summed E-state index contributed by atoms with van der Waals surface area (Å²) in [5, 5.41) is 10.0. The van der Waals surface area contributed by atoms with Crippen LogP contribution in [0.2, 0.25) is 0 Å². The zero-order valence-corrected chi connectivity index (χ0v) is 13.8. The van der Waals surface area contributed by atoms with E-state index in [1.54, 1.807) is 36.0 Å². The van der Waals surface area contributed by atoms with Crippen LogP contribution in [-0.4, -0.2) is 36.3 Å². The molecule has 0 heterocycles. The number of aliphatic hydroxyl groups excluding tert-OH is 1. The second kappa shape index (κ2) is 9.22. The number of hydrogen-bond donors (Lipinski definition) is 1. The van der Waals surface area contributed by atoms with E-state index in [4.69, 9.17) is 4.74 Å². The molecule has 0 aliphatic carbocycles. The van der Waals surface area contributed by atoms with Crippen molar-refractivity contribution in [2.24, 2.45) is 0 Å². The first kappa shape index (κ1) is 17.4. The van der Waals surface area contributed by atoms with Gasteiger partial charge in [0, 0.05) is 11.5 Å². The van der Waals surface area contributed by atoms with E-state index < -0.39 is 6.10 Å². The van der Waals surface area contributed by atoms with Gasteiger partial charge in [0.15, 0.2) is 0 Å². The quantitative estimate of drug-likeness (QED) is 0.594. The van der Waals surface area contributed by atoms with Gasteiger partial charge in [-0.1, -0.05) is 36.4 Å². The smallest absolute Gasteiger partial charge is 0.337 e. The zero-order chi connectivity index (χ0) is 16.5. The third kappa shape index (κ3) is 5.62. The molecule has 1 atom stereocenters. The fourth-order valence-electron chi connectivity index (χ4n) is 2.02. The highest BCUT2D eigenvalue weighted by Gasteiger charge is 2.08. The summed E-state index contributed by atoms with van der Waals surface area (Å²) >= 11 is 1.62. The van der Waals surface area contributed by atoms with Crippen LogP contribution < -0.4 is 4.74 Å². The van der Waals surface area contributed by atoms with Crippen LogP contribution in [-0.2, 0) is 4.74 Å². The third-order valence-corrected chi connectivity index (χ3v) is 4.22. The molecule has 0 saturated carbocycles. The molecule has 0 radical (unpaired) electrons. The first-order valence-electron chi connectivity index (χ1n) is 7.32. The second-order valence-corrected chi connectivity index (χ2v) is 6.02. The molecule has 0 aliphatic rings. The summed E-state index contributed by atoms with van der Waals surface area (Å²) < 4.78 is 10.3. The molecule has 0 amide bonds. The number of benzene rings is 2. The van der Waals surface area contributed by atoms with Crippen molar-refractivity contribution < 1.29 is 19.4 Å². The molecule has 1 unspecified atom stereocenters. The minimum Gasteiger partial charge on any atom is -0.493 e. The van der Waals surface area contributed by atoms with Gasteiger partial charge in [-0.05, 0) is 23.8 Å². The second-order valence-electron chi connectivity index (χ2n) is 4.87.